The third kappa shape index (κ3) is 2.69. The Morgan fingerprint density at radius 2 is 2.16 bits per heavy atom. The first-order valence-electron chi connectivity index (χ1n) is 6.99. The van der Waals surface area contributed by atoms with E-state index in [-0.39, 0.29) is 6.10 Å². The van der Waals surface area contributed by atoms with E-state index in [2.05, 4.69) is 5.32 Å². The summed E-state index contributed by atoms with van der Waals surface area (Å²) in [6.07, 6.45) is 4.06. The van der Waals surface area contributed by atoms with Crippen LogP contribution in [0.2, 0.25) is 0 Å². The van der Waals surface area contributed by atoms with Crippen molar-refractivity contribution < 1.29 is 14.6 Å². The van der Waals surface area contributed by atoms with Crippen molar-refractivity contribution >= 4 is 0 Å². The Hall–Kier alpha value is -1.26. The first kappa shape index (κ1) is 12.8. The molecule has 1 aromatic rings. The number of aliphatic hydroxyl groups is 1. The molecule has 19 heavy (non-hydrogen) atoms. The molecular weight excluding hydrogens is 242 g/mol. The van der Waals surface area contributed by atoms with Gasteiger partial charge in [-0.1, -0.05) is 6.07 Å². The zero-order chi connectivity index (χ0) is 13.3. The van der Waals surface area contributed by atoms with Gasteiger partial charge in [0.1, 0.15) is 6.10 Å². The van der Waals surface area contributed by atoms with Crippen molar-refractivity contribution in [2.45, 2.75) is 37.4 Å². The summed E-state index contributed by atoms with van der Waals surface area (Å²) < 4.78 is 11.4. The third-order valence-corrected chi connectivity index (χ3v) is 3.97. The van der Waals surface area contributed by atoms with Crippen LogP contribution in [0.15, 0.2) is 18.2 Å². The fraction of sp³-hybridized carbons (Fsp3) is 0.600. The van der Waals surface area contributed by atoms with E-state index in [4.69, 9.17) is 9.47 Å². The normalized spacial score (nSPS) is 24.8. The molecule has 2 aliphatic rings. The van der Waals surface area contributed by atoms with E-state index in [1.165, 1.54) is 0 Å². The minimum Gasteiger partial charge on any atom is -0.493 e. The van der Waals surface area contributed by atoms with Gasteiger partial charge in [0.25, 0.3) is 0 Å². The highest BCUT2D eigenvalue weighted by Gasteiger charge is 2.42. The maximum Gasteiger partial charge on any atom is 0.162 e. The van der Waals surface area contributed by atoms with E-state index in [9.17, 15) is 5.11 Å². The zero-order valence-corrected chi connectivity index (χ0v) is 11.3. The largest absolute Gasteiger partial charge is 0.493 e. The molecule has 1 saturated heterocycles. The van der Waals surface area contributed by atoms with Crippen molar-refractivity contribution in [2.75, 3.05) is 20.2 Å². The number of methoxy groups -OCH3 is 1. The number of hydrogen-bond donors (Lipinski definition) is 2. The van der Waals surface area contributed by atoms with E-state index in [0.717, 1.165) is 55.8 Å². The van der Waals surface area contributed by atoms with Gasteiger partial charge < -0.3 is 19.9 Å². The fourth-order valence-electron chi connectivity index (χ4n) is 2.57. The standard InChI is InChI=1S/C15H21NO3/c1-18-13-5-4-11(15(17)6-7-15)9-14(13)19-12-3-2-8-16-10-12/h4-5,9,12,16-17H,2-3,6-8,10H2,1H3. The fourth-order valence-corrected chi connectivity index (χ4v) is 2.57. The van der Waals surface area contributed by atoms with Crippen molar-refractivity contribution in [1.82, 2.24) is 5.32 Å². The molecule has 0 aromatic heterocycles. The van der Waals surface area contributed by atoms with Crippen LogP contribution in [0, 0.1) is 0 Å². The number of ether oxygens (including phenoxy) is 2. The minimum atomic E-state index is -0.630. The van der Waals surface area contributed by atoms with Gasteiger partial charge in [-0.15, -0.1) is 0 Å². The smallest absolute Gasteiger partial charge is 0.162 e. The number of benzene rings is 1. The predicted octanol–water partition coefficient (Wildman–Crippen LogP) is 1.81. The Labute approximate surface area is 113 Å². The van der Waals surface area contributed by atoms with Crippen LogP contribution in [0.1, 0.15) is 31.2 Å². The lowest BCUT2D eigenvalue weighted by molar-refractivity contribution is 0.146. The molecule has 0 bridgehead atoms. The molecule has 104 valence electrons. The molecule has 3 rings (SSSR count). The lowest BCUT2D eigenvalue weighted by Crippen LogP contribution is -2.37. The van der Waals surface area contributed by atoms with Gasteiger partial charge in [0.2, 0.25) is 0 Å². The molecule has 0 amide bonds. The van der Waals surface area contributed by atoms with Gasteiger partial charge in [0.05, 0.1) is 12.7 Å². The van der Waals surface area contributed by atoms with Crippen LogP contribution in [0.3, 0.4) is 0 Å². The SMILES string of the molecule is COc1ccc(C2(O)CC2)cc1OC1CCCNC1. The molecule has 2 N–H and O–H groups in total. The maximum absolute atomic E-state index is 10.2. The summed E-state index contributed by atoms with van der Waals surface area (Å²) in [4.78, 5) is 0. The second-order valence-corrected chi connectivity index (χ2v) is 5.48. The molecule has 4 heteroatoms. The van der Waals surface area contributed by atoms with Crippen LogP contribution in [0.5, 0.6) is 11.5 Å². The van der Waals surface area contributed by atoms with Gasteiger partial charge in [-0.25, -0.2) is 0 Å². The summed E-state index contributed by atoms with van der Waals surface area (Å²) in [6.45, 7) is 1.94. The summed E-state index contributed by atoms with van der Waals surface area (Å²) in [7, 11) is 1.65. The Kier molecular flexibility index (Phi) is 3.37. The topological polar surface area (TPSA) is 50.7 Å². The minimum absolute atomic E-state index is 0.187. The molecule has 0 radical (unpaired) electrons. The predicted molar refractivity (Wildman–Crippen MR) is 72.6 cm³/mol. The molecule has 0 spiro atoms. The van der Waals surface area contributed by atoms with Crippen LogP contribution >= 0.6 is 0 Å². The number of nitrogens with one attached hydrogen (secondary N) is 1. The number of hydrogen-bond acceptors (Lipinski definition) is 4. The van der Waals surface area contributed by atoms with E-state index < -0.39 is 5.60 Å². The van der Waals surface area contributed by atoms with Crippen molar-refractivity contribution in [2.24, 2.45) is 0 Å². The van der Waals surface area contributed by atoms with Crippen LogP contribution in [0.4, 0.5) is 0 Å². The van der Waals surface area contributed by atoms with Crippen LogP contribution in [0.25, 0.3) is 0 Å². The summed E-state index contributed by atoms with van der Waals surface area (Å²) in [5.74, 6) is 1.48. The molecule has 1 aliphatic carbocycles. The summed E-state index contributed by atoms with van der Waals surface area (Å²) in [5.41, 5.74) is 0.307. The van der Waals surface area contributed by atoms with E-state index in [1.54, 1.807) is 7.11 Å². The second kappa shape index (κ2) is 5.02. The average molecular weight is 263 g/mol. The average Bonchev–Trinajstić information content (AvgIpc) is 3.19. The maximum atomic E-state index is 10.2. The third-order valence-electron chi connectivity index (χ3n) is 3.97. The van der Waals surface area contributed by atoms with E-state index in [0.29, 0.717) is 0 Å². The van der Waals surface area contributed by atoms with Crippen molar-refractivity contribution in [1.29, 1.82) is 0 Å². The zero-order valence-electron chi connectivity index (χ0n) is 11.3. The highest BCUT2D eigenvalue weighted by molar-refractivity contribution is 5.46. The molecule has 2 fully saturated rings. The molecule has 1 unspecified atom stereocenters. The summed E-state index contributed by atoms with van der Waals surface area (Å²) >= 11 is 0. The lowest BCUT2D eigenvalue weighted by Gasteiger charge is -2.25. The molecule has 1 aromatic carbocycles. The lowest BCUT2D eigenvalue weighted by atomic mass is 10.1. The molecule has 1 heterocycles. The van der Waals surface area contributed by atoms with Gasteiger partial charge in [-0.2, -0.15) is 0 Å². The molecule has 1 saturated carbocycles. The monoisotopic (exact) mass is 263 g/mol. The van der Waals surface area contributed by atoms with Gasteiger partial charge in [0.15, 0.2) is 11.5 Å². The Morgan fingerprint density at radius 1 is 1.32 bits per heavy atom. The van der Waals surface area contributed by atoms with Gasteiger partial charge in [-0.3, -0.25) is 0 Å². The van der Waals surface area contributed by atoms with E-state index >= 15 is 0 Å². The molecule has 4 nitrogen and oxygen atoms in total. The van der Waals surface area contributed by atoms with Crippen molar-refractivity contribution in [3.05, 3.63) is 23.8 Å². The Bertz CT molecular complexity index is 451. The van der Waals surface area contributed by atoms with Gasteiger partial charge in [-0.05, 0) is 49.9 Å². The van der Waals surface area contributed by atoms with Crippen molar-refractivity contribution in [3.63, 3.8) is 0 Å². The molecule has 1 atom stereocenters. The molecule has 1 aliphatic heterocycles. The Morgan fingerprint density at radius 3 is 2.79 bits per heavy atom. The van der Waals surface area contributed by atoms with Crippen molar-refractivity contribution in [3.8, 4) is 11.5 Å². The summed E-state index contributed by atoms with van der Waals surface area (Å²) in [6, 6.07) is 5.75. The second-order valence-electron chi connectivity index (χ2n) is 5.48. The first-order chi connectivity index (χ1) is 9.21. The van der Waals surface area contributed by atoms with Gasteiger partial charge in [0, 0.05) is 6.54 Å². The highest BCUT2D eigenvalue weighted by atomic mass is 16.5. The molecular formula is C15H21NO3. The Balaban J connectivity index is 1.80. The first-order valence-corrected chi connectivity index (χ1v) is 6.99. The quantitative estimate of drug-likeness (QED) is 0.870. The van der Waals surface area contributed by atoms with E-state index in [1.807, 2.05) is 18.2 Å². The van der Waals surface area contributed by atoms with Gasteiger partial charge >= 0.3 is 0 Å². The van der Waals surface area contributed by atoms with Crippen LogP contribution in [-0.2, 0) is 5.60 Å². The number of piperidine rings is 1. The number of rotatable bonds is 4. The summed E-state index contributed by atoms with van der Waals surface area (Å²) in [5, 5.41) is 13.5. The highest BCUT2D eigenvalue weighted by Crippen LogP contribution is 2.47. The van der Waals surface area contributed by atoms with Crippen LogP contribution in [-0.4, -0.2) is 31.4 Å². The van der Waals surface area contributed by atoms with Crippen LogP contribution < -0.4 is 14.8 Å².